The van der Waals surface area contributed by atoms with Gasteiger partial charge in [0, 0.05) is 10.6 Å². The van der Waals surface area contributed by atoms with Crippen LogP contribution in [-0.4, -0.2) is 23.5 Å². The Balaban J connectivity index is 1.66. The largest absolute Gasteiger partial charge is 0.326 e. The van der Waals surface area contributed by atoms with E-state index in [1.807, 2.05) is 24.3 Å². The summed E-state index contributed by atoms with van der Waals surface area (Å²) in [6.07, 6.45) is 0.249. The molecule has 2 aromatic carbocycles. The van der Waals surface area contributed by atoms with E-state index >= 15 is 0 Å². The van der Waals surface area contributed by atoms with Crippen molar-refractivity contribution >= 4 is 35.2 Å². The average molecular weight is 340 g/mol. The molecule has 0 fully saturated rings. The van der Waals surface area contributed by atoms with Crippen molar-refractivity contribution in [2.24, 2.45) is 0 Å². The number of thioether (sulfide) groups is 1. The number of amides is 3. The predicted octanol–water partition coefficient (Wildman–Crippen LogP) is 2.86. The molecule has 0 saturated carbocycles. The highest BCUT2D eigenvalue weighted by Crippen LogP contribution is 2.21. The summed E-state index contributed by atoms with van der Waals surface area (Å²) in [5.41, 5.74) is 2.05. The van der Waals surface area contributed by atoms with Crippen LogP contribution in [-0.2, 0) is 11.2 Å². The average Bonchev–Trinajstić information content (AvgIpc) is 2.84. The van der Waals surface area contributed by atoms with Crippen molar-refractivity contribution in [3.63, 3.8) is 0 Å². The monoisotopic (exact) mass is 340 g/mol. The summed E-state index contributed by atoms with van der Waals surface area (Å²) in [6.45, 7) is 2.09. The zero-order valence-corrected chi connectivity index (χ0v) is 13.9. The zero-order valence-electron chi connectivity index (χ0n) is 13.1. The third-order valence-corrected chi connectivity index (χ3v) is 4.51. The highest BCUT2D eigenvalue weighted by Gasteiger charge is 2.26. The Hall–Kier alpha value is -2.60. The van der Waals surface area contributed by atoms with Crippen LogP contribution in [0.4, 0.5) is 5.69 Å². The Bertz CT molecular complexity index is 816. The fourth-order valence-corrected chi connectivity index (χ4v) is 3.17. The van der Waals surface area contributed by atoms with Gasteiger partial charge in [-0.1, -0.05) is 19.1 Å². The van der Waals surface area contributed by atoms with Crippen LogP contribution in [0.15, 0.2) is 47.4 Å². The number of benzene rings is 2. The van der Waals surface area contributed by atoms with Gasteiger partial charge in [0.2, 0.25) is 5.91 Å². The van der Waals surface area contributed by atoms with Gasteiger partial charge in [0.15, 0.2) is 0 Å². The van der Waals surface area contributed by atoms with Gasteiger partial charge in [0.1, 0.15) is 0 Å². The van der Waals surface area contributed by atoms with Crippen LogP contribution in [0, 0.1) is 0 Å². The van der Waals surface area contributed by atoms with Crippen molar-refractivity contribution in [2.45, 2.75) is 18.2 Å². The van der Waals surface area contributed by atoms with Crippen LogP contribution in [0.1, 0.15) is 33.2 Å². The lowest BCUT2D eigenvalue weighted by molar-refractivity contribution is -0.115. The molecule has 0 saturated heterocycles. The van der Waals surface area contributed by atoms with Gasteiger partial charge in [-0.3, -0.25) is 19.7 Å². The number of carbonyl (C=O) groups excluding carboxylic acids is 3. The lowest BCUT2D eigenvalue weighted by Crippen LogP contribution is -2.19. The predicted molar refractivity (Wildman–Crippen MR) is 93.4 cm³/mol. The third-order valence-electron chi connectivity index (χ3n) is 3.62. The minimum atomic E-state index is -0.435. The fourth-order valence-electron chi connectivity index (χ4n) is 2.51. The fraction of sp³-hybridized carbons (Fsp3) is 0.167. The van der Waals surface area contributed by atoms with E-state index in [0.29, 0.717) is 16.8 Å². The van der Waals surface area contributed by atoms with Crippen molar-refractivity contribution in [1.82, 2.24) is 5.32 Å². The number of carbonyl (C=O) groups is 3. The normalized spacial score (nSPS) is 12.7. The van der Waals surface area contributed by atoms with Gasteiger partial charge in [-0.15, -0.1) is 11.8 Å². The Kier molecular flexibility index (Phi) is 4.66. The summed E-state index contributed by atoms with van der Waals surface area (Å²) in [7, 11) is 0. The molecule has 1 aliphatic rings. The molecule has 2 aromatic rings. The van der Waals surface area contributed by atoms with Crippen molar-refractivity contribution < 1.29 is 14.4 Å². The maximum Gasteiger partial charge on any atom is 0.259 e. The SMILES string of the molecule is CCSc1ccc(CC(=O)Nc2ccc3c(c2)C(=O)NC3=O)cc1. The molecule has 0 radical (unpaired) electrons. The molecule has 3 amide bonds. The van der Waals surface area contributed by atoms with Gasteiger partial charge in [0.25, 0.3) is 11.8 Å². The lowest BCUT2D eigenvalue weighted by atomic mass is 10.1. The first-order valence-electron chi connectivity index (χ1n) is 7.58. The summed E-state index contributed by atoms with van der Waals surface area (Å²) >= 11 is 1.75. The second kappa shape index (κ2) is 6.88. The molecule has 1 heterocycles. The van der Waals surface area contributed by atoms with E-state index < -0.39 is 11.8 Å². The zero-order chi connectivity index (χ0) is 17.1. The molecule has 0 atom stereocenters. The highest BCUT2D eigenvalue weighted by molar-refractivity contribution is 7.99. The van der Waals surface area contributed by atoms with E-state index in [1.54, 1.807) is 23.9 Å². The van der Waals surface area contributed by atoms with E-state index in [2.05, 4.69) is 17.6 Å². The Morgan fingerprint density at radius 1 is 1.04 bits per heavy atom. The number of hydrogen-bond acceptors (Lipinski definition) is 4. The van der Waals surface area contributed by atoms with Crippen LogP contribution in [0.5, 0.6) is 0 Å². The van der Waals surface area contributed by atoms with Crippen molar-refractivity contribution in [3.05, 3.63) is 59.2 Å². The first-order chi connectivity index (χ1) is 11.6. The number of hydrogen-bond donors (Lipinski definition) is 2. The van der Waals surface area contributed by atoms with Gasteiger partial charge >= 0.3 is 0 Å². The topological polar surface area (TPSA) is 75.3 Å². The molecule has 24 heavy (non-hydrogen) atoms. The number of nitrogens with one attached hydrogen (secondary N) is 2. The van der Waals surface area contributed by atoms with Gasteiger partial charge in [-0.2, -0.15) is 0 Å². The van der Waals surface area contributed by atoms with Crippen LogP contribution in [0.3, 0.4) is 0 Å². The molecule has 0 aromatic heterocycles. The molecule has 0 spiro atoms. The number of anilines is 1. The first kappa shape index (κ1) is 16.3. The van der Waals surface area contributed by atoms with Gasteiger partial charge < -0.3 is 5.32 Å². The van der Waals surface area contributed by atoms with E-state index in [4.69, 9.17) is 0 Å². The van der Waals surface area contributed by atoms with E-state index in [1.165, 1.54) is 11.0 Å². The smallest absolute Gasteiger partial charge is 0.259 e. The summed E-state index contributed by atoms with van der Waals surface area (Å²) in [4.78, 5) is 36.5. The molecule has 6 heteroatoms. The lowest BCUT2D eigenvalue weighted by Gasteiger charge is -2.07. The van der Waals surface area contributed by atoms with E-state index in [-0.39, 0.29) is 12.3 Å². The molecular weight excluding hydrogens is 324 g/mol. The minimum Gasteiger partial charge on any atom is -0.326 e. The molecule has 2 N–H and O–H groups in total. The highest BCUT2D eigenvalue weighted by atomic mass is 32.2. The standard InChI is InChI=1S/C18H16N2O3S/c1-2-24-13-6-3-11(4-7-13)9-16(21)19-12-5-8-14-15(10-12)18(23)20-17(14)22/h3-8,10H,2,9H2,1H3,(H,19,21)(H,20,22,23). The van der Waals surface area contributed by atoms with E-state index in [0.717, 1.165) is 11.3 Å². The third kappa shape index (κ3) is 3.49. The Morgan fingerprint density at radius 3 is 2.46 bits per heavy atom. The second-order valence-electron chi connectivity index (χ2n) is 5.35. The Labute approximate surface area is 143 Å². The molecule has 5 nitrogen and oxygen atoms in total. The molecule has 3 rings (SSSR count). The summed E-state index contributed by atoms with van der Waals surface area (Å²) < 4.78 is 0. The number of imide groups is 1. The molecule has 0 aliphatic carbocycles. The molecule has 0 unspecified atom stereocenters. The van der Waals surface area contributed by atoms with Crippen LogP contribution in [0.2, 0.25) is 0 Å². The van der Waals surface area contributed by atoms with Crippen molar-refractivity contribution in [2.75, 3.05) is 11.1 Å². The summed E-state index contributed by atoms with van der Waals surface area (Å²) in [5, 5.41) is 4.99. The van der Waals surface area contributed by atoms with Gasteiger partial charge in [-0.05, 0) is 41.6 Å². The van der Waals surface area contributed by atoms with Gasteiger partial charge in [0.05, 0.1) is 17.5 Å². The van der Waals surface area contributed by atoms with Crippen molar-refractivity contribution in [1.29, 1.82) is 0 Å². The molecule has 0 bridgehead atoms. The van der Waals surface area contributed by atoms with E-state index in [9.17, 15) is 14.4 Å². The molecular formula is C18H16N2O3S. The number of fused-ring (bicyclic) bond motifs is 1. The maximum absolute atomic E-state index is 12.2. The number of rotatable bonds is 5. The van der Waals surface area contributed by atoms with Crippen molar-refractivity contribution in [3.8, 4) is 0 Å². The van der Waals surface area contributed by atoms with Crippen LogP contribution < -0.4 is 10.6 Å². The summed E-state index contributed by atoms with van der Waals surface area (Å²) in [5.74, 6) is -0.00238. The van der Waals surface area contributed by atoms with Crippen LogP contribution in [0.25, 0.3) is 0 Å². The maximum atomic E-state index is 12.2. The summed E-state index contributed by atoms with van der Waals surface area (Å²) in [6, 6.07) is 12.6. The molecule has 122 valence electrons. The van der Waals surface area contributed by atoms with Gasteiger partial charge in [-0.25, -0.2) is 0 Å². The first-order valence-corrected chi connectivity index (χ1v) is 8.56. The quantitative estimate of drug-likeness (QED) is 0.648. The molecule has 1 aliphatic heterocycles. The Morgan fingerprint density at radius 2 is 1.75 bits per heavy atom. The minimum absolute atomic E-state index is 0.171. The van der Waals surface area contributed by atoms with Crippen LogP contribution >= 0.6 is 11.8 Å². The second-order valence-corrected chi connectivity index (χ2v) is 6.68.